The van der Waals surface area contributed by atoms with E-state index in [4.69, 9.17) is 0 Å². The highest BCUT2D eigenvalue weighted by Crippen LogP contribution is 2.45. The van der Waals surface area contributed by atoms with E-state index in [1.165, 1.54) is 43.6 Å². The number of nitrogens with zero attached hydrogens (tertiary/aromatic N) is 1. The highest BCUT2D eigenvalue weighted by atomic mass is 35.5. The monoisotopic (exact) mass is 328 g/mol. The third-order valence-corrected chi connectivity index (χ3v) is 5.13. The molecule has 2 fully saturated rings. The molecule has 2 atom stereocenters. The predicted octanol–water partition coefficient (Wildman–Crippen LogP) is 4.54. The molecule has 2 aromatic rings. The maximum atomic E-state index is 3.68. The van der Waals surface area contributed by atoms with Gasteiger partial charge in [-0.2, -0.15) is 0 Å². The van der Waals surface area contributed by atoms with Gasteiger partial charge in [-0.1, -0.05) is 48.5 Å². The van der Waals surface area contributed by atoms with Crippen LogP contribution in [0.5, 0.6) is 0 Å². The first kappa shape index (κ1) is 16.4. The third kappa shape index (κ3) is 3.88. The number of anilines is 1. The fourth-order valence-corrected chi connectivity index (χ4v) is 3.79. The summed E-state index contributed by atoms with van der Waals surface area (Å²) in [4.78, 5) is 2.71. The SMILES string of the molecule is Cl.c1ccc(NC2CCN(C3CC3c3ccccc3)CC2)cc1. The molecule has 2 aliphatic rings. The van der Waals surface area contributed by atoms with Crippen molar-refractivity contribution in [2.45, 2.75) is 37.3 Å². The first-order chi connectivity index (χ1) is 10.9. The van der Waals surface area contributed by atoms with E-state index in [0.29, 0.717) is 6.04 Å². The summed E-state index contributed by atoms with van der Waals surface area (Å²) in [5, 5.41) is 3.68. The van der Waals surface area contributed by atoms with Crippen LogP contribution in [-0.4, -0.2) is 30.1 Å². The molecular weight excluding hydrogens is 304 g/mol. The van der Waals surface area contributed by atoms with Crippen molar-refractivity contribution in [2.24, 2.45) is 0 Å². The van der Waals surface area contributed by atoms with E-state index in [1.54, 1.807) is 0 Å². The Hall–Kier alpha value is -1.51. The summed E-state index contributed by atoms with van der Waals surface area (Å²) in [6, 6.07) is 23.1. The molecule has 1 saturated carbocycles. The Morgan fingerprint density at radius 3 is 2.09 bits per heavy atom. The predicted molar refractivity (Wildman–Crippen MR) is 99.5 cm³/mol. The van der Waals surface area contributed by atoms with Gasteiger partial charge in [0, 0.05) is 36.8 Å². The molecule has 4 rings (SSSR count). The van der Waals surface area contributed by atoms with E-state index >= 15 is 0 Å². The van der Waals surface area contributed by atoms with E-state index < -0.39 is 0 Å². The third-order valence-electron chi connectivity index (χ3n) is 5.13. The Balaban J connectivity index is 0.00000156. The minimum Gasteiger partial charge on any atom is -0.382 e. The van der Waals surface area contributed by atoms with Crippen molar-refractivity contribution in [1.82, 2.24) is 4.90 Å². The molecule has 0 amide bonds. The molecule has 1 heterocycles. The summed E-state index contributed by atoms with van der Waals surface area (Å²) in [6.45, 7) is 2.47. The first-order valence-corrected chi connectivity index (χ1v) is 8.51. The van der Waals surface area contributed by atoms with E-state index in [-0.39, 0.29) is 12.4 Å². The lowest BCUT2D eigenvalue weighted by atomic mass is 10.0. The number of para-hydroxylation sites is 1. The normalized spacial score (nSPS) is 24.7. The van der Waals surface area contributed by atoms with Gasteiger partial charge in [0.15, 0.2) is 0 Å². The maximum Gasteiger partial charge on any atom is 0.0342 e. The van der Waals surface area contributed by atoms with Crippen molar-refractivity contribution in [3.63, 3.8) is 0 Å². The second-order valence-electron chi connectivity index (χ2n) is 6.64. The lowest BCUT2D eigenvalue weighted by Crippen LogP contribution is -2.40. The standard InChI is InChI=1S/C20H24N2.ClH/c1-3-7-16(8-4-1)19-15-20(19)22-13-11-18(12-14-22)21-17-9-5-2-6-10-17;/h1-10,18-21H,11-15H2;1H. The molecule has 0 bridgehead atoms. The van der Waals surface area contributed by atoms with E-state index in [0.717, 1.165) is 12.0 Å². The lowest BCUT2D eigenvalue weighted by Gasteiger charge is -2.33. The van der Waals surface area contributed by atoms with Gasteiger partial charge in [-0.25, -0.2) is 0 Å². The molecule has 0 radical (unpaired) electrons. The zero-order chi connectivity index (χ0) is 14.8. The molecule has 0 spiro atoms. The number of benzene rings is 2. The van der Waals surface area contributed by atoms with Gasteiger partial charge in [0.2, 0.25) is 0 Å². The highest BCUT2D eigenvalue weighted by Gasteiger charge is 2.43. The molecule has 122 valence electrons. The summed E-state index contributed by atoms with van der Waals surface area (Å²) >= 11 is 0. The minimum absolute atomic E-state index is 0. The second-order valence-corrected chi connectivity index (χ2v) is 6.64. The van der Waals surface area contributed by atoms with Crippen LogP contribution in [0.25, 0.3) is 0 Å². The molecule has 0 aromatic heterocycles. The molecule has 1 aliphatic carbocycles. The smallest absolute Gasteiger partial charge is 0.0342 e. The van der Waals surface area contributed by atoms with Crippen LogP contribution in [0.15, 0.2) is 60.7 Å². The van der Waals surface area contributed by atoms with Gasteiger partial charge in [-0.05, 0) is 37.0 Å². The summed E-state index contributed by atoms with van der Waals surface area (Å²) < 4.78 is 0. The van der Waals surface area contributed by atoms with Gasteiger partial charge in [-0.15, -0.1) is 12.4 Å². The van der Waals surface area contributed by atoms with Gasteiger partial charge in [0.05, 0.1) is 0 Å². The van der Waals surface area contributed by atoms with E-state index in [9.17, 15) is 0 Å². The van der Waals surface area contributed by atoms with Crippen molar-refractivity contribution in [2.75, 3.05) is 18.4 Å². The fraction of sp³-hybridized carbons (Fsp3) is 0.400. The Morgan fingerprint density at radius 1 is 0.826 bits per heavy atom. The molecule has 23 heavy (non-hydrogen) atoms. The fourth-order valence-electron chi connectivity index (χ4n) is 3.79. The molecule has 3 heteroatoms. The molecule has 1 aliphatic heterocycles. The highest BCUT2D eigenvalue weighted by molar-refractivity contribution is 5.85. The number of nitrogens with one attached hydrogen (secondary N) is 1. The summed E-state index contributed by atoms with van der Waals surface area (Å²) in [6.07, 6.45) is 3.86. The van der Waals surface area contributed by atoms with Crippen molar-refractivity contribution in [3.8, 4) is 0 Å². The first-order valence-electron chi connectivity index (χ1n) is 8.51. The second kappa shape index (κ2) is 7.37. The Kier molecular flexibility index (Phi) is 5.24. The quantitative estimate of drug-likeness (QED) is 0.886. The number of rotatable bonds is 4. The Morgan fingerprint density at radius 2 is 1.43 bits per heavy atom. The van der Waals surface area contributed by atoms with Gasteiger partial charge >= 0.3 is 0 Å². The number of hydrogen-bond acceptors (Lipinski definition) is 2. The van der Waals surface area contributed by atoms with Gasteiger partial charge < -0.3 is 5.32 Å². The van der Waals surface area contributed by atoms with Crippen LogP contribution in [0.3, 0.4) is 0 Å². The van der Waals surface area contributed by atoms with Crippen molar-refractivity contribution >= 4 is 18.1 Å². The largest absolute Gasteiger partial charge is 0.382 e. The summed E-state index contributed by atoms with van der Waals surface area (Å²) in [7, 11) is 0. The lowest BCUT2D eigenvalue weighted by molar-refractivity contribution is 0.206. The van der Waals surface area contributed by atoms with Gasteiger partial charge in [0.25, 0.3) is 0 Å². The number of halogens is 1. The maximum absolute atomic E-state index is 3.68. The molecular formula is C20H25ClN2. The summed E-state index contributed by atoms with van der Waals surface area (Å²) in [5.74, 6) is 0.778. The van der Waals surface area contributed by atoms with Crippen LogP contribution in [0.4, 0.5) is 5.69 Å². The number of piperidine rings is 1. The van der Waals surface area contributed by atoms with E-state index in [1.807, 2.05) is 0 Å². The molecule has 2 aromatic carbocycles. The summed E-state index contributed by atoms with van der Waals surface area (Å²) in [5.41, 5.74) is 2.78. The number of hydrogen-bond donors (Lipinski definition) is 1. The average Bonchev–Trinajstić information content (AvgIpc) is 3.38. The van der Waals surface area contributed by atoms with E-state index in [2.05, 4.69) is 70.9 Å². The van der Waals surface area contributed by atoms with Crippen LogP contribution in [0.2, 0.25) is 0 Å². The Labute approximate surface area is 145 Å². The average molecular weight is 329 g/mol. The van der Waals surface area contributed by atoms with Gasteiger partial charge in [-0.3, -0.25) is 4.90 Å². The van der Waals surface area contributed by atoms with Crippen LogP contribution >= 0.6 is 12.4 Å². The van der Waals surface area contributed by atoms with Crippen LogP contribution in [0.1, 0.15) is 30.7 Å². The Bertz CT molecular complexity index is 594. The molecule has 1 saturated heterocycles. The zero-order valence-electron chi connectivity index (χ0n) is 13.4. The molecule has 2 unspecified atom stereocenters. The topological polar surface area (TPSA) is 15.3 Å². The molecule has 1 N–H and O–H groups in total. The van der Waals surface area contributed by atoms with Crippen LogP contribution in [0, 0.1) is 0 Å². The van der Waals surface area contributed by atoms with Crippen molar-refractivity contribution in [1.29, 1.82) is 0 Å². The van der Waals surface area contributed by atoms with Gasteiger partial charge in [0.1, 0.15) is 0 Å². The van der Waals surface area contributed by atoms with Crippen LogP contribution < -0.4 is 5.32 Å². The van der Waals surface area contributed by atoms with Crippen molar-refractivity contribution < 1.29 is 0 Å². The number of likely N-dealkylation sites (tertiary alicyclic amines) is 1. The zero-order valence-corrected chi connectivity index (χ0v) is 14.2. The minimum atomic E-state index is 0. The van der Waals surface area contributed by atoms with Crippen LogP contribution in [-0.2, 0) is 0 Å². The molecule has 2 nitrogen and oxygen atoms in total. The van der Waals surface area contributed by atoms with Crippen molar-refractivity contribution in [3.05, 3.63) is 66.2 Å².